The van der Waals surface area contributed by atoms with Gasteiger partial charge in [0.15, 0.2) is 11.5 Å². The van der Waals surface area contributed by atoms with Gasteiger partial charge in [-0.3, -0.25) is 5.21 Å². The van der Waals surface area contributed by atoms with Crippen LogP contribution in [0.2, 0.25) is 0 Å². The number of rotatable bonds is 6. The first-order chi connectivity index (χ1) is 14.5. The van der Waals surface area contributed by atoms with Crippen LogP contribution in [0.15, 0.2) is 36.4 Å². The van der Waals surface area contributed by atoms with E-state index in [1.54, 1.807) is 7.11 Å². The lowest BCUT2D eigenvalue weighted by molar-refractivity contribution is -0.0470. The number of anilines is 1. The number of hydrogen-bond donors (Lipinski definition) is 2. The molecule has 0 aromatic heterocycles. The molecule has 1 heterocycles. The number of nitrogens with zero attached hydrogens (tertiary/aromatic N) is 2. The van der Waals surface area contributed by atoms with E-state index in [1.807, 2.05) is 36.4 Å². The van der Waals surface area contributed by atoms with E-state index in [1.165, 1.54) is 12.8 Å². The molecule has 158 valence electrons. The molecule has 0 saturated heterocycles. The van der Waals surface area contributed by atoms with Crippen molar-refractivity contribution in [3.63, 3.8) is 0 Å². The Labute approximate surface area is 180 Å². The van der Waals surface area contributed by atoms with Crippen LogP contribution in [0, 0.1) is 0 Å². The quantitative estimate of drug-likeness (QED) is 0.412. The van der Waals surface area contributed by atoms with Crippen LogP contribution in [0.4, 0.5) is 10.5 Å². The Hall–Kier alpha value is -2.84. The molecule has 1 fully saturated rings. The van der Waals surface area contributed by atoms with Crippen LogP contribution >= 0.6 is 12.2 Å². The molecule has 1 aliphatic heterocycles. The largest absolute Gasteiger partial charge is 0.493 e. The number of nitrogens with two attached hydrogens (primary N) is 1. The number of hydroxylamine groups is 2. The summed E-state index contributed by atoms with van der Waals surface area (Å²) < 4.78 is 11.7. The van der Waals surface area contributed by atoms with Crippen molar-refractivity contribution in [2.45, 2.75) is 44.9 Å². The van der Waals surface area contributed by atoms with Gasteiger partial charge in [-0.05, 0) is 55.0 Å². The van der Waals surface area contributed by atoms with E-state index in [4.69, 9.17) is 27.4 Å². The number of carbonyl (C=O) groups is 1. The highest BCUT2D eigenvalue weighted by Crippen LogP contribution is 2.38. The molecular formula is C22H25N3O4S. The van der Waals surface area contributed by atoms with Crippen molar-refractivity contribution >= 4 is 28.9 Å². The number of urea groups is 1. The molecule has 0 atom stereocenters. The maximum Gasteiger partial charge on any atom is 0.338 e. The van der Waals surface area contributed by atoms with Gasteiger partial charge in [0.2, 0.25) is 0 Å². The zero-order valence-electron chi connectivity index (χ0n) is 16.8. The van der Waals surface area contributed by atoms with Gasteiger partial charge in [0, 0.05) is 23.9 Å². The fourth-order valence-electron chi connectivity index (χ4n) is 4.02. The Morgan fingerprint density at radius 1 is 1.23 bits per heavy atom. The molecular weight excluding hydrogens is 402 g/mol. The topological polar surface area (TPSA) is 88.3 Å². The molecule has 30 heavy (non-hydrogen) atoms. The molecule has 2 amide bonds. The second-order valence-electron chi connectivity index (χ2n) is 7.64. The van der Waals surface area contributed by atoms with Crippen molar-refractivity contribution in [3.05, 3.63) is 53.1 Å². The molecule has 2 aliphatic rings. The average molecular weight is 428 g/mol. The van der Waals surface area contributed by atoms with Gasteiger partial charge in [0.05, 0.1) is 19.8 Å². The van der Waals surface area contributed by atoms with Gasteiger partial charge in [0.1, 0.15) is 4.99 Å². The van der Waals surface area contributed by atoms with Gasteiger partial charge in [0.25, 0.3) is 0 Å². The molecule has 1 aliphatic carbocycles. The van der Waals surface area contributed by atoms with E-state index < -0.39 is 6.03 Å². The van der Waals surface area contributed by atoms with E-state index in [9.17, 15) is 10.0 Å². The van der Waals surface area contributed by atoms with Crippen LogP contribution in [0.1, 0.15) is 42.4 Å². The van der Waals surface area contributed by atoms with Crippen LogP contribution in [0.3, 0.4) is 0 Å². The van der Waals surface area contributed by atoms with Crippen molar-refractivity contribution in [2.24, 2.45) is 5.73 Å². The number of benzene rings is 2. The number of thiocarbonyl (C=S) groups is 1. The smallest absolute Gasteiger partial charge is 0.338 e. The van der Waals surface area contributed by atoms with Crippen LogP contribution in [0.5, 0.6) is 11.5 Å². The minimum absolute atomic E-state index is 0.00708. The standard InChI is InChI=1S/C22H25N3O4S/c1-28-19-9-8-16(11-20(19)29-17-4-2-3-5-17)24-13-15-7-6-14(10-18(15)21(24)30)12-25(27)22(23)26/h6-11,17,27H,2-5,12-13H2,1H3,(H2,23,26). The molecule has 2 aromatic carbocycles. The Morgan fingerprint density at radius 2 is 2.00 bits per heavy atom. The van der Waals surface area contributed by atoms with Gasteiger partial charge < -0.3 is 20.1 Å². The number of amides is 2. The Kier molecular flexibility index (Phi) is 5.78. The van der Waals surface area contributed by atoms with Crippen molar-refractivity contribution < 1.29 is 19.5 Å². The van der Waals surface area contributed by atoms with Crippen molar-refractivity contribution in [1.82, 2.24) is 5.06 Å². The van der Waals surface area contributed by atoms with Crippen molar-refractivity contribution in [3.8, 4) is 11.5 Å². The van der Waals surface area contributed by atoms with Crippen molar-refractivity contribution in [2.75, 3.05) is 12.0 Å². The number of hydrogen-bond acceptors (Lipinski definition) is 5. The summed E-state index contributed by atoms with van der Waals surface area (Å²) in [6, 6.07) is 10.7. The zero-order chi connectivity index (χ0) is 21.3. The first kappa shape index (κ1) is 20.4. The third-order valence-electron chi connectivity index (χ3n) is 5.62. The minimum Gasteiger partial charge on any atom is -0.493 e. The van der Waals surface area contributed by atoms with E-state index in [0.29, 0.717) is 22.3 Å². The van der Waals surface area contributed by atoms with Gasteiger partial charge in [-0.2, -0.15) is 0 Å². The van der Waals surface area contributed by atoms with E-state index in [2.05, 4.69) is 4.90 Å². The molecule has 3 N–H and O–H groups in total. The molecule has 0 radical (unpaired) electrons. The Bertz CT molecular complexity index is 975. The Balaban J connectivity index is 1.57. The third-order valence-corrected chi connectivity index (χ3v) is 6.06. The lowest BCUT2D eigenvalue weighted by Gasteiger charge is -2.22. The molecule has 0 bridgehead atoms. The lowest BCUT2D eigenvalue weighted by atomic mass is 10.1. The van der Waals surface area contributed by atoms with Gasteiger partial charge >= 0.3 is 6.03 Å². The van der Waals surface area contributed by atoms with Crippen LogP contribution in [0.25, 0.3) is 0 Å². The second kappa shape index (κ2) is 8.49. The molecule has 4 rings (SSSR count). The highest BCUT2D eigenvalue weighted by atomic mass is 32.1. The molecule has 2 aromatic rings. The second-order valence-corrected chi connectivity index (χ2v) is 8.02. The van der Waals surface area contributed by atoms with Crippen LogP contribution in [-0.4, -0.2) is 34.5 Å². The first-order valence-corrected chi connectivity index (χ1v) is 10.4. The Morgan fingerprint density at radius 3 is 2.70 bits per heavy atom. The maximum atomic E-state index is 11.1. The molecule has 0 spiro atoms. The summed E-state index contributed by atoms with van der Waals surface area (Å²) in [5.41, 5.74) is 8.78. The normalized spacial score (nSPS) is 15.9. The predicted octanol–water partition coefficient (Wildman–Crippen LogP) is 3.98. The SMILES string of the molecule is COc1ccc(N2Cc3ccc(CN(O)C(N)=O)cc3C2=S)cc1OC1CCCC1. The van der Waals surface area contributed by atoms with Crippen molar-refractivity contribution in [1.29, 1.82) is 0 Å². The first-order valence-electron chi connectivity index (χ1n) is 10.0. The maximum absolute atomic E-state index is 11.1. The molecule has 0 unspecified atom stereocenters. The molecule has 7 nitrogen and oxygen atoms in total. The number of ether oxygens (including phenoxy) is 2. The lowest BCUT2D eigenvalue weighted by Crippen LogP contribution is -2.32. The summed E-state index contributed by atoms with van der Waals surface area (Å²) in [7, 11) is 1.64. The van der Waals surface area contributed by atoms with E-state index in [-0.39, 0.29) is 12.6 Å². The third kappa shape index (κ3) is 4.06. The highest BCUT2D eigenvalue weighted by Gasteiger charge is 2.27. The number of fused-ring (bicyclic) bond motifs is 1. The fraction of sp³-hybridized carbons (Fsp3) is 0.364. The summed E-state index contributed by atoms with van der Waals surface area (Å²) in [6.07, 6.45) is 4.75. The molecule has 8 heteroatoms. The average Bonchev–Trinajstić information content (AvgIpc) is 3.36. The number of primary amides is 1. The summed E-state index contributed by atoms with van der Waals surface area (Å²) >= 11 is 5.74. The van der Waals surface area contributed by atoms with Gasteiger partial charge in [-0.25, -0.2) is 9.86 Å². The summed E-state index contributed by atoms with van der Waals surface area (Å²) in [4.78, 5) is 13.8. The highest BCUT2D eigenvalue weighted by molar-refractivity contribution is 7.81. The van der Waals surface area contributed by atoms with E-state index >= 15 is 0 Å². The fourth-order valence-corrected chi connectivity index (χ4v) is 4.38. The van der Waals surface area contributed by atoms with E-state index in [0.717, 1.165) is 41.0 Å². The van der Waals surface area contributed by atoms with Crippen LogP contribution < -0.4 is 20.1 Å². The van der Waals surface area contributed by atoms with Crippen LogP contribution in [-0.2, 0) is 13.1 Å². The van der Waals surface area contributed by atoms with Gasteiger partial charge in [-0.15, -0.1) is 0 Å². The summed E-state index contributed by atoms with van der Waals surface area (Å²) in [5, 5.41) is 10.1. The zero-order valence-corrected chi connectivity index (χ0v) is 17.7. The number of methoxy groups -OCH3 is 1. The molecule has 1 saturated carbocycles. The monoisotopic (exact) mass is 427 g/mol. The predicted molar refractivity (Wildman–Crippen MR) is 117 cm³/mol. The minimum atomic E-state index is -0.896. The number of carbonyl (C=O) groups excluding carboxylic acids is 1. The summed E-state index contributed by atoms with van der Waals surface area (Å²) in [5.74, 6) is 1.45. The van der Waals surface area contributed by atoms with Gasteiger partial charge in [-0.1, -0.05) is 24.4 Å². The summed E-state index contributed by atoms with van der Waals surface area (Å²) in [6.45, 7) is 0.648.